The molecule has 0 bridgehead atoms. The number of methoxy groups -OCH3 is 2. The molecule has 0 heterocycles. The molecule has 1 unspecified atom stereocenters. The Morgan fingerprint density at radius 2 is 1.75 bits per heavy atom. The minimum absolute atomic E-state index is 0.503. The molecule has 0 saturated carbocycles. The lowest BCUT2D eigenvalue weighted by Gasteiger charge is -2.12. The molecule has 7 heteroatoms. The Kier molecular flexibility index (Phi) is 9.34. The monoisotopic (exact) mass is 403 g/mol. The SMILES string of the molecule is CCNC(=NCc1ccc(OC)c(OC)c1)NCCS(=O)Cc1ccccc1. The average molecular weight is 404 g/mol. The minimum atomic E-state index is -0.915. The van der Waals surface area contributed by atoms with Crippen LogP contribution in [0, 0.1) is 0 Å². The van der Waals surface area contributed by atoms with Gasteiger partial charge in [0.05, 0.1) is 20.8 Å². The number of guanidine groups is 1. The van der Waals surface area contributed by atoms with Crippen molar-refractivity contribution < 1.29 is 13.7 Å². The van der Waals surface area contributed by atoms with Crippen LogP contribution in [0.25, 0.3) is 0 Å². The molecule has 28 heavy (non-hydrogen) atoms. The predicted molar refractivity (Wildman–Crippen MR) is 116 cm³/mol. The molecule has 6 nitrogen and oxygen atoms in total. The molecule has 2 aromatic carbocycles. The van der Waals surface area contributed by atoms with Gasteiger partial charge in [0.15, 0.2) is 17.5 Å². The van der Waals surface area contributed by atoms with Gasteiger partial charge in [0.25, 0.3) is 0 Å². The fourth-order valence-electron chi connectivity index (χ4n) is 2.61. The van der Waals surface area contributed by atoms with Gasteiger partial charge in [-0.2, -0.15) is 0 Å². The highest BCUT2D eigenvalue weighted by Gasteiger charge is 2.06. The summed E-state index contributed by atoms with van der Waals surface area (Å²) in [7, 11) is 2.32. The Hall–Kier alpha value is -2.54. The first-order valence-electron chi connectivity index (χ1n) is 9.28. The van der Waals surface area contributed by atoms with Gasteiger partial charge in [0.1, 0.15) is 0 Å². The van der Waals surface area contributed by atoms with Crippen LogP contribution in [0.2, 0.25) is 0 Å². The molecular weight excluding hydrogens is 374 g/mol. The Bertz CT molecular complexity index is 782. The number of aliphatic imine (C=N–C) groups is 1. The minimum Gasteiger partial charge on any atom is -0.493 e. The van der Waals surface area contributed by atoms with Crippen molar-refractivity contribution in [1.29, 1.82) is 0 Å². The molecule has 0 fully saturated rings. The third-order valence-corrected chi connectivity index (χ3v) is 5.32. The normalized spacial score (nSPS) is 12.3. The highest BCUT2D eigenvalue weighted by atomic mass is 32.2. The highest BCUT2D eigenvalue weighted by Crippen LogP contribution is 2.27. The Morgan fingerprint density at radius 1 is 1.00 bits per heavy atom. The smallest absolute Gasteiger partial charge is 0.191 e. The van der Waals surface area contributed by atoms with Gasteiger partial charge >= 0.3 is 0 Å². The van der Waals surface area contributed by atoms with E-state index in [4.69, 9.17) is 9.47 Å². The molecule has 2 N–H and O–H groups in total. The summed E-state index contributed by atoms with van der Waals surface area (Å²) >= 11 is 0. The van der Waals surface area contributed by atoms with E-state index < -0.39 is 10.8 Å². The maximum atomic E-state index is 12.2. The maximum absolute atomic E-state index is 12.2. The van der Waals surface area contributed by atoms with E-state index in [1.165, 1.54) is 0 Å². The van der Waals surface area contributed by atoms with Crippen LogP contribution in [-0.4, -0.2) is 43.2 Å². The van der Waals surface area contributed by atoms with E-state index in [-0.39, 0.29) is 0 Å². The van der Waals surface area contributed by atoms with Crippen LogP contribution >= 0.6 is 0 Å². The molecule has 0 aliphatic carbocycles. The lowest BCUT2D eigenvalue weighted by molar-refractivity contribution is 0.354. The molecular formula is C21H29N3O3S. The van der Waals surface area contributed by atoms with Crippen molar-refractivity contribution in [2.45, 2.75) is 19.2 Å². The summed E-state index contributed by atoms with van der Waals surface area (Å²) in [5.74, 6) is 3.22. The summed E-state index contributed by atoms with van der Waals surface area (Å²) in [5.41, 5.74) is 2.11. The summed E-state index contributed by atoms with van der Waals surface area (Å²) in [6.45, 7) is 3.87. The average Bonchev–Trinajstić information content (AvgIpc) is 2.72. The number of nitrogens with zero attached hydrogens (tertiary/aromatic N) is 1. The van der Waals surface area contributed by atoms with E-state index in [0.717, 1.165) is 17.7 Å². The summed E-state index contributed by atoms with van der Waals surface area (Å²) in [6, 6.07) is 15.6. The van der Waals surface area contributed by atoms with E-state index in [1.807, 2.05) is 55.5 Å². The zero-order chi connectivity index (χ0) is 20.2. The molecule has 0 radical (unpaired) electrons. The first-order valence-corrected chi connectivity index (χ1v) is 10.8. The molecule has 152 valence electrons. The number of hydrogen-bond donors (Lipinski definition) is 2. The first-order chi connectivity index (χ1) is 13.7. The van der Waals surface area contributed by atoms with Crippen molar-refractivity contribution >= 4 is 16.8 Å². The molecule has 2 aromatic rings. The number of benzene rings is 2. The van der Waals surface area contributed by atoms with Crippen LogP contribution in [0.5, 0.6) is 11.5 Å². The van der Waals surface area contributed by atoms with Gasteiger partial charge < -0.3 is 20.1 Å². The van der Waals surface area contributed by atoms with Crippen LogP contribution in [0.4, 0.5) is 0 Å². The van der Waals surface area contributed by atoms with Crippen molar-refractivity contribution in [3.63, 3.8) is 0 Å². The second kappa shape index (κ2) is 12.0. The van der Waals surface area contributed by atoms with Crippen molar-refractivity contribution in [2.75, 3.05) is 33.1 Å². The molecule has 0 spiro atoms. The summed E-state index contributed by atoms with van der Waals surface area (Å²) in [6.07, 6.45) is 0. The lowest BCUT2D eigenvalue weighted by atomic mass is 10.2. The predicted octanol–water partition coefficient (Wildman–Crippen LogP) is 2.71. The summed E-state index contributed by atoms with van der Waals surface area (Å²) in [5, 5.41) is 6.46. The molecule has 0 aromatic heterocycles. The highest BCUT2D eigenvalue weighted by molar-refractivity contribution is 7.84. The first kappa shape index (κ1) is 21.8. The van der Waals surface area contributed by atoms with E-state index in [2.05, 4.69) is 15.6 Å². The van der Waals surface area contributed by atoms with Gasteiger partial charge in [-0.15, -0.1) is 0 Å². The zero-order valence-electron chi connectivity index (χ0n) is 16.7. The van der Waals surface area contributed by atoms with Crippen molar-refractivity contribution in [1.82, 2.24) is 10.6 Å². The Labute approximate surface area is 169 Å². The Morgan fingerprint density at radius 3 is 2.43 bits per heavy atom. The topological polar surface area (TPSA) is 72.0 Å². The van der Waals surface area contributed by atoms with Crippen LogP contribution in [0.15, 0.2) is 53.5 Å². The van der Waals surface area contributed by atoms with Gasteiger partial charge in [-0.3, -0.25) is 4.21 Å². The van der Waals surface area contributed by atoms with Crippen molar-refractivity contribution in [3.05, 3.63) is 59.7 Å². The molecule has 0 aliphatic rings. The zero-order valence-corrected chi connectivity index (χ0v) is 17.6. The summed E-state index contributed by atoms with van der Waals surface area (Å²) in [4.78, 5) is 4.59. The van der Waals surface area contributed by atoms with Gasteiger partial charge in [0, 0.05) is 35.4 Å². The van der Waals surface area contributed by atoms with Gasteiger partial charge in [-0.1, -0.05) is 36.4 Å². The second-order valence-corrected chi connectivity index (χ2v) is 7.66. The number of ether oxygens (including phenoxy) is 2. The van der Waals surface area contributed by atoms with Crippen molar-refractivity contribution in [2.24, 2.45) is 4.99 Å². The standard InChI is InChI=1S/C21H29N3O3S/c1-4-22-21(23-12-13-28(25)16-17-8-6-5-7-9-17)24-15-18-10-11-19(26-2)20(14-18)27-3/h5-11,14H,4,12-13,15-16H2,1-3H3,(H2,22,23,24). The van der Waals surface area contributed by atoms with E-state index in [9.17, 15) is 4.21 Å². The van der Waals surface area contributed by atoms with Gasteiger partial charge in [-0.05, 0) is 30.2 Å². The van der Waals surface area contributed by atoms with Gasteiger partial charge in [-0.25, -0.2) is 4.99 Å². The second-order valence-electron chi connectivity index (χ2n) is 6.09. The Balaban J connectivity index is 1.87. The van der Waals surface area contributed by atoms with E-state index in [0.29, 0.717) is 42.1 Å². The molecule has 0 amide bonds. The maximum Gasteiger partial charge on any atom is 0.191 e. The third-order valence-electron chi connectivity index (χ3n) is 4.00. The molecule has 0 saturated heterocycles. The summed E-state index contributed by atoms with van der Waals surface area (Å²) < 4.78 is 22.8. The van der Waals surface area contributed by atoms with Crippen LogP contribution in [0.3, 0.4) is 0 Å². The number of hydrogen-bond acceptors (Lipinski definition) is 4. The van der Waals surface area contributed by atoms with E-state index in [1.54, 1.807) is 14.2 Å². The largest absolute Gasteiger partial charge is 0.493 e. The quantitative estimate of drug-likeness (QED) is 0.471. The fraction of sp³-hybridized carbons (Fsp3) is 0.381. The third kappa shape index (κ3) is 7.23. The van der Waals surface area contributed by atoms with Gasteiger partial charge in [0.2, 0.25) is 0 Å². The molecule has 2 rings (SSSR count). The van der Waals surface area contributed by atoms with Crippen LogP contribution < -0.4 is 20.1 Å². The van der Waals surface area contributed by atoms with E-state index >= 15 is 0 Å². The number of nitrogens with one attached hydrogen (secondary N) is 2. The van der Waals surface area contributed by atoms with Crippen LogP contribution in [-0.2, 0) is 23.1 Å². The molecule has 1 atom stereocenters. The fourth-order valence-corrected chi connectivity index (χ4v) is 3.64. The number of rotatable bonds is 10. The lowest BCUT2D eigenvalue weighted by Crippen LogP contribution is -2.39. The van der Waals surface area contributed by atoms with Crippen LogP contribution in [0.1, 0.15) is 18.1 Å². The molecule has 0 aliphatic heterocycles. The van der Waals surface area contributed by atoms with Crippen molar-refractivity contribution in [3.8, 4) is 11.5 Å².